The first-order chi connectivity index (χ1) is 12.2. The second-order valence-corrected chi connectivity index (χ2v) is 7.03. The SMILES string of the molecule is CCNC(=NCCCCSC)N1CCN(CC(=O)NCCOC)CC1. The Morgan fingerprint density at radius 3 is 2.60 bits per heavy atom. The van der Waals surface area contributed by atoms with Gasteiger partial charge in [0.25, 0.3) is 0 Å². The van der Waals surface area contributed by atoms with Crippen LogP contribution in [-0.4, -0.2) is 99.7 Å². The zero-order valence-electron chi connectivity index (χ0n) is 16.1. The predicted octanol–water partition coefficient (Wildman–Crippen LogP) is 0.475. The van der Waals surface area contributed by atoms with E-state index in [2.05, 4.69) is 33.6 Å². The molecule has 0 aromatic heterocycles. The average Bonchev–Trinajstić information content (AvgIpc) is 2.61. The highest BCUT2D eigenvalue weighted by Crippen LogP contribution is 2.04. The van der Waals surface area contributed by atoms with Gasteiger partial charge in [-0.2, -0.15) is 11.8 Å². The lowest BCUT2D eigenvalue weighted by Crippen LogP contribution is -2.54. The highest BCUT2D eigenvalue weighted by molar-refractivity contribution is 7.98. The molecule has 25 heavy (non-hydrogen) atoms. The number of guanidine groups is 1. The highest BCUT2D eigenvalue weighted by Gasteiger charge is 2.20. The lowest BCUT2D eigenvalue weighted by molar-refractivity contribution is -0.122. The molecule has 8 heteroatoms. The molecule has 0 unspecified atom stereocenters. The van der Waals surface area contributed by atoms with Gasteiger partial charge in [-0.3, -0.25) is 14.7 Å². The van der Waals surface area contributed by atoms with Crippen molar-refractivity contribution in [1.82, 2.24) is 20.4 Å². The summed E-state index contributed by atoms with van der Waals surface area (Å²) in [6, 6.07) is 0. The van der Waals surface area contributed by atoms with E-state index in [-0.39, 0.29) is 5.91 Å². The number of methoxy groups -OCH3 is 1. The summed E-state index contributed by atoms with van der Waals surface area (Å²) in [5.41, 5.74) is 0. The summed E-state index contributed by atoms with van der Waals surface area (Å²) >= 11 is 1.89. The molecule has 1 aliphatic rings. The van der Waals surface area contributed by atoms with Crippen LogP contribution in [0, 0.1) is 0 Å². The monoisotopic (exact) mass is 373 g/mol. The summed E-state index contributed by atoms with van der Waals surface area (Å²) in [7, 11) is 1.64. The number of nitrogens with zero attached hydrogens (tertiary/aromatic N) is 3. The van der Waals surface area contributed by atoms with Gasteiger partial charge in [0, 0.05) is 52.9 Å². The molecule has 1 aliphatic heterocycles. The van der Waals surface area contributed by atoms with Crippen molar-refractivity contribution in [2.45, 2.75) is 19.8 Å². The van der Waals surface area contributed by atoms with Crippen LogP contribution in [-0.2, 0) is 9.53 Å². The zero-order chi connectivity index (χ0) is 18.3. The van der Waals surface area contributed by atoms with Crippen LogP contribution in [0.3, 0.4) is 0 Å². The molecule has 0 radical (unpaired) electrons. The van der Waals surface area contributed by atoms with Gasteiger partial charge in [-0.15, -0.1) is 0 Å². The quantitative estimate of drug-likeness (QED) is 0.312. The molecule has 0 atom stereocenters. The number of ether oxygens (including phenoxy) is 1. The number of nitrogens with one attached hydrogen (secondary N) is 2. The van der Waals surface area contributed by atoms with Gasteiger partial charge >= 0.3 is 0 Å². The first-order valence-corrected chi connectivity index (χ1v) is 10.6. The van der Waals surface area contributed by atoms with E-state index in [1.54, 1.807) is 7.11 Å². The molecule has 0 saturated carbocycles. The number of piperazine rings is 1. The fraction of sp³-hybridized carbons (Fsp3) is 0.882. The standard InChI is InChI=1S/C17H35N5O2S/c1-4-18-17(20-7-5-6-14-25-3)22-11-9-21(10-12-22)15-16(23)19-8-13-24-2/h4-15H2,1-3H3,(H,18,20)(H,19,23). The van der Waals surface area contributed by atoms with Crippen molar-refractivity contribution in [2.24, 2.45) is 4.99 Å². The van der Waals surface area contributed by atoms with E-state index < -0.39 is 0 Å². The number of hydrogen-bond donors (Lipinski definition) is 2. The molecule has 0 aliphatic carbocycles. The number of hydrogen-bond acceptors (Lipinski definition) is 5. The van der Waals surface area contributed by atoms with Crippen LogP contribution in [0.1, 0.15) is 19.8 Å². The van der Waals surface area contributed by atoms with Crippen LogP contribution in [0.5, 0.6) is 0 Å². The van der Waals surface area contributed by atoms with Gasteiger partial charge in [0.1, 0.15) is 0 Å². The van der Waals surface area contributed by atoms with E-state index in [1.807, 2.05) is 11.8 Å². The summed E-state index contributed by atoms with van der Waals surface area (Å²) in [6.45, 7) is 9.02. The predicted molar refractivity (Wildman–Crippen MR) is 106 cm³/mol. The minimum absolute atomic E-state index is 0.0693. The number of unbranched alkanes of at least 4 members (excludes halogenated alkanes) is 1. The number of thioether (sulfide) groups is 1. The summed E-state index contributed by atoms with van der Waals surface area (Å²) in [5.74, 6) is 2.28. The molecule has 0 aromatic rings. The van der Waals surface area contributed by atoms with Crippen molar-refractivity contribution in [3.63, 3.8) is 0 Å². The van der Waals surface area contributed by atoms with Gasteiger partial charge in [0.15, 0.2) is 5.96 Å². The first kappa shape index (κ1) is 22.1. The Morgan fingerprint density at radius 2 is 1.96 bits per heavy atom. The number of aliphatic imine (C=N–C) groups is 1. The van der Waals surface area contributed by atoms with Crippen molar-refractivity contribution in [2.75, 3.05) is 78.1 Å². The molecule has 1 fully saturated rings. The van der Waals surface area contributed by atoms with Crippen LogP contribution < -0.4 is 10.6 Å². The van der Waals surface area contributed by atoms with Crippen molar-refractivity contribution < 1.29 is 9.53 Å². The maximum Gasteiger partial charge on any atom is 0.234 e. The Kier molecular flexibility index (Phi) is 12.5. The van der Waals surface area contributed by atoms with E-state index in [4.69, 9.17) is 9.73 Å². The van der Waals surface area contributed by atoms with E-state index in [0.29, 0.717) is 19.7 Å². The van der Waals surface area contributed by atoms with Crippen LogP contribution >= 0.6 is 11.8 Å². The lowest BCUT2D eigenvalue weighted by Gasteiger charge is -2.36. The summed E-state index contributed by atoms with van der Waals surface area (Å²) in [4.78, 5) is 21.1. The second-order valence-electron chi connectivity index (χ2n) is 6.04. The van der Waals surface area contributed by atoms with E-state index >= 15 is 0 Å². The van der Waals surface area contributed by atoms with Gasteiger partial charge in [-0.05, 0) is 31.8 Å². The van der Waals surface area contributed by atoms with Crippen molar-refractivity contribution in [1.29, 1.82) is 0 Å². The maximum absolute atomic E-state index is 11.9. The number of carbonyl (C=O) groups is 1. The maximum atomic E-state index is 11.9. The van der Waals surface area contributed by atoms with Gasteiger partial charge in [-0.1, -0.05) is 0 Å². The molecule has 1 saturated heterocycles. The Morgan fingerprint density at radius 1 is 1.20 bits per heavy atom. The Balaban J connectivity index is 2.33. The smallest absolute Gasteiger partial charge is 0.234 e. The molecule has 1 amide bonds. The number of rotatable bonds is 11. The first-order valence-electron chi connectivity index (χ1n) is 9.21. The molecule has 1 rings (SSSR count). The third-order valence-electron chi connectivity index (χ3n) is 4.02. The van der Waals surface area contributed by atoms with Crippen molar-refractivity contribution >= 4 is 23.6 Å². The topological polar surface area (TPSA) is 69.2 Å². The van der Waals surface area contributed by atoms with E-state index in [1.165, 1.54) is 12.2 Å². The third-order valence-corrected chi connectivity index (χ3v) is 4.72. The second kappa shape index (κ2) is 14.2. The largest absolute Gasteiger partial charge is 0.383 e. The molecule has 2 N–H and O–H groups in total. The van der Waals surface area contributed by atoms with E-state index in [9.17, 15) is 4.79 Å². The summed E-state index contributed by atoms with van der Waals surface area (Å²) in [5, 5.41) is 6.27. The van der Waals surface area contributed by atoms with Gasteiger partial charge in [-0.25, -0.2) is 0 Å². The third kappa shape index (κ3) is 9.91. The normalized spacial score (nSPS) is 16.1. The molecule has 7 nitrogen and oxygen atoms in total. The lowest BCUT2D eigenvalue weighted by atomic mass is 10.3. The van der Waals surface area contributed by atoms with Crippen molar-refractivity contribution in [3.05, 3.63) is 0 Å². The molecule has 1 heterocycles. The molecule has 146 valence electrons. The molecule has 0 aromatic carbocycles. The Hall–Kier alpha value is -0.990. The van der Waals surface area contributed by atoms with E-state index in [0.717, 1.165) is 51.6 Å². The number of amides is 1. The Labute approximate surface area is 156 Å². The molecule has 0 bridgehead atoms. The van der Waals surface area contributed by atoms with Crippen LogP contribution in [0.25, 0.3) is 0 Å². The molecular weight excluding hydrogens is 338 g/mol. The fourth-order valence-electron chi connectivity index (χ4n) is 2.64. The zero-order valence-corrected chi connectivity index (χ0v) is 16.9. The van der Waals surface area contributed by atoms with Crippen LogP contribution in [0.2, 0.25) is 0 Å². The van der Waals surface area contributed by atoms with Crippen LogP contribution in [0.15, 0.2) is 4.99 Å². The number of carbonyl (C=O) groups excluding carboxylic acids is 1. The average molecular weight is 374 g/mol. The summed E-state index contributed by atoms with van der Waals surface area (Å²) < 4.78 is 4.94. The minimum Gasteiger partial charge on any atom is -0.383 e. The van der Waals surface area contributed by atoms with Crippen molar-refractivity contribution in [3.8, 4) is 0 Å². The Bertz CT molecular complexity index is 387. The summed E-state index contributed by atoms with van der Waals surface area (Å²) in [6.07, 6.45) is 4.50. The fourth-order valence-corrected chi connectivity index (χ4v) is 3.13. The van der Waals surface area contributed by atoms with Gasteiger partial charge < -0.3 is 20.3 Å². The molecule has 0 spiro atoms. The van der Waals surface area contributed by atoms with Gasteiger partial charge in [0.2, 0.25) is 5.91 Å². The molecular formula is C17H35N5O2S. The van der Waals surface area contributed by atoms with Crippen LogP contribution in [0.4, 0.5) is 0 Å². The minimum atomic E-state index is 0.0693. The highest BCUT2D eigenvalue weighted by atomic mass is 32.2. The van der Waals surface area contributed by atoms with Gasteiger partial charge in [0.05, 0.1) is 13.2 Å².